The predicted octanol–water partition coefficient (Wildman–Crippen LogP) is 7.81. The van der Waals surface area contributed by atoms with Crippen LogP contribution in [0.5, 0.6) is 0 Å². The predicted molar refractivity (Wildman–Crippen MR) is 122 cm³/mol. The van der Waals surface area contributed by atoms with Gasteiger partial charge in [-0.25, -0.2) is 0 Å². The van der Waals surface area contributed by atoms with E-state index in [1.807, 2.05) is 0 Å². The molecule has 0 aliphatic heterocycles. The lowest BCUT2D eigenvalue weighted by atomic mass is 9.63. The highest BCUT2D eigenvalue weighted by molar-refractivity contribution is 9.11. The van der Waals surface area contributed by atoms with Gasteiger partial charge in [0.1, 0.15) is 0 Å². The summed E-state index contributed by atoms with van der Waals surface area (Å²) in [5, 5.41) is 0. The second kappa shape index (κ2) is 7.09. The van der Waals surface area contributed by atoms with E-state index in [0.29, 0.717) is 0 Å². The summed E-state index contributed by atoms with van der Waals surface area (Å²) < 4.78 is 1.25. The molecule has 0 spiro atoms. The van der Waals surface area contributed by atoms with Crippen LogP contribution in [0.4, 0.5) is 0 Å². The second-order valence-electron chi connectivity index (χ2n) is 9.71. The first-order valence-corrected chi connectivity index (χ1v) is 10.6. The summed E-state index contributed by atoms with van der Waals surface area (Å²) in [4.78, 5) is 0. The molecular weight excluding hydrogens is 392 g/mol. The van der Waals surface area contributed by atoms with Crippen LogP contribution in [0, 0.1) is 0 Å². The molecule has 0 nitrogen and oxygen atoms in total. The first-order valence-electron chi connectivity index (χ1n) is 9.79. The van der Waals surface area contributed by atoms with Gasteiger partial charge in [0.2, 0.25) is 0 Å². The van der Waals surface area contributed by atoms with E-state index >= 15 is 0 Å². The maximum absolute atomic E-state index is 3.82. The molecule has 1 heteroatoms. The van der Waals surface area contributed by atoms with Gasteiger partial charge in [-0.15, -0.1) is 0 Å². The molecule has 0 atom stereocenters. The quantitative estimate of drug-likeness (QED) is 0.462. The largest absolute Gasteiger partial charge is 0.0692 e. The average Bonchev–Trinajstić information content (AvgIpc) is 2.60. The SMILES string of the molecule is CC(C)(C)c1ccccc1C1(c2ccccc2C(C)(C)C)C=CC=C(Br)C1. The van der Waals surface area contributed by atoms with Gasteiger partial charge in [0.25, 0.3) is 0 Å². The zero-order valence-corrected chi connectivity index (χ0v) is 19.0. The highest BCUT2D eigenvalue weighted by atomic mass is 79.9. The molecule has 0 bridgehead atoms. The lowest BCUT2D eigenvalue weighted by molar-refractivity contribution is 0.530. The van der Waals surface area contributed by atoms with Crippen molar-refractivity contribution in [3.05, 3.63) is 93.5 Å². The monoisotopic (exact) mass is 422 g/mol. The molecule has 27 heavy (non-hydrogen) atoms. The van der Waals surface area contributed by atoms with Crippen molar-refractivity contribution < 1.29 is 0 Å². The van der Waals surface area contributed by atoms with Gasteiger partial charge in [-0.3, -0.25) is 0 Å². The number of halogens is 1. The zero-order valence-electron chi connectivity index (χ0n) is 17.4. The van der Waals surface area contributed by atoms with Gasteiger partial charge in [-0.1, -0.05) is 124 Å². The van der Waals surface area contributed by atoms with Crippen LogP contribution in [-0.4, -0.2) is 0 Å². The van der Waals surface area contributed by atoms with Crippen molar-refractivity contribution >= 4 is 15.9 Å². The molecular formula is C26H31Br. The van der Waals surface area contributed by atoms with Crippen LogP contribution in [0.2, 0.25) is 0 Å². The number of hydrogen-bond donors (Lipinski definition) is 0. The Balaban J connectivity index is 2.37. The Bertz CT molecular complexity index is 827. The Morgan fingerprint density at radius 2 is 1.19 bits per heavy atom. The van der Waals surface area contributed by atoms with E-state index in [2.05, 4.69) is 124 Å². The van der Waals surface area contributed by atoms with Crippen LogP contribution in [0.3, 0.4) is 0 Å². The van der Waals surface area contributed by atoms with Gasteiger partial charge < -0.3 is 0 Å². The Morgan fingerprint density at radius 3 is 1.59 bits per heavy atom. The summed E-state index contributed by atoms with van der Waals surface area (Å²) in [6.07, 6.45) is 7.75. The maximum atomic E-state index is 3.82. The van der Waals surface area contributed by atoms with Crippen molar-refractivity contribution in [2.45, 2.75) is 64.2 Å². The van der Waals surface area contributed by atoms with E-state index in [-0.39, 0.29) is 16.2 Å². The van der Waals surface area contributed by atoms with Gasteiger partial charge in [0, 0.05) is 5.41 Å². The third kappa shape index (κ3) is 3.85. The summed E-state index contributed by atoms with van der Waals surface area (Å²) in [5.74, 6) is 0. The van der Waals surface area contributed by atoms with Crippen LogP contribution in [-0.2, 0) is 16.2 Å². The average molecular weight is 423 g/mol. The minimum Gasteiger partial charge on any atom is -0.0692 e. The molecule has 0 amide bonds. The van der Waals surface area contributed by atoms with Crippen molar-refractivity contribution in [2.75, 3.05) is 0 Å². The summed E-state index contributed by atoms with van der Waals surface area (Å²) in [5.41, 5.74) is 5.66. The van der Waals surface area contributed by atoms with Crippen LogP contribution in [0.15, 0.2) is 71.2 Å². The summed E-state index contributed by atoms with van der Waals surface area (Å²) >= 11 is 3.82. The third-order valence-electron chi connectivity index (χ3n) is 5.54. The lowest BCUT2D eigenvalue weighted by Crippen LogP contribution is -2.33. The smallest absolute Gasteiger partial charge is 0.0436 e. The Labute approximate surface area is 173 Å². The lowest BCUT2D eigenvalue weighted by Gasteiger charge is -2.41. The highest BCUT2D eigenvalue weighted by Crippen LogP contribution is 2.49. The molecule has 2 aromatic carbocycles. The standard InChI is InChI=1S/C26H31Br/c1-24(2,3)20-13-7-9-15-22(20)26(17-11-12-19(27)18-26)23-16-10-8-14-21(23)25(4,5)6/h7-17H,18H2,1-6H3. The molecule has 2 aromatic rings. The normalized spacial score (nSPS) is 16.9. The van der Waals surface area contributed by atoms with Crippen LogP contribution < -0.4 is 0 Å². The van der Waals surface area contributed by atoms with Crippen LogP contribution in [0.25, 0.3) is 0 Å². The molecule has 142 valence electrons. The molecule has 0 radical (unpaired) electrons. The topological polar surface area (TPSA) is 0 Å². The number of benzene rings is 2. The molecule has 1 aliphatic rings. The number of hydrogen-bond acceptors (Lipinski definition) is 0. The molecule has 0 aromatic heterocycles. The van der Waals surface area contributed by atoms with E-state index < -0.39 is 0 Å². The molecule has 0 heterocycles. The van der Waals surface area contributed by atoms with Crippen molar-refractivity contribution in [1.29, 1.82) is 0 Å². The highest BCUT2D eigenvalue weighted by Gasteiger charge is 2.40. The van der Waals surface area contributed by atoms with E-state index in [9.17, 15) is 0 Å². The minimum atomic E-state index is -0.165. The van der Waals surface area contributed by atoms with Crippen molar-refractivity contribution in [2.24, 2.45) is 0 Å². The van der Waals surface area contributed by atoms with Gasteiger partial charge in [-0.05, 0) is 44.0 Å². The summed E-state index contributed by atoms with van der Waals surface area (Å²) in [6.45, 7) is 13.9. The number of allylic oxidation sites excluding steroid dienone is 4. The Hall–Kier alpha value is -1.60. The molecule has 1 aliphatic carbocycles. The zero-order chi connectivity index (χ0) is 19.9. The fourth-order valence-electron chi connectivity index (χ4n) is 4.27. The van der Waals surface area contributed by atoms with Gasteiger partial charge >= 0.3 is 0 Å². The molecule has 0 saturated carbocycles. The second-order valence-corrected chi connectivity index (χ2v) is 10.7. The summed E-state index contributed by atoms with van der Waals surface area (Å²) in [7, 11) is 0. The fourth-order valence-corrected chi connectivity index (χ4v) is 4.86. The van der Waals surface area contributed by atoms with E-state index in [1.165, 1.54) is 26.7 Å². The van der Waals surface area contributed by atoms with Crippen LogP contribution >= 0.6 is 15.9 Å². The Kier molecular flexibility index (Phi) is 5.29. The van der Waals surface area contributed by atoms with Crippen LogP contribution in [0.1, 0.15) is 70.2 Å². The molecule has 3 rings (SSSR count). The molecule has 0 saturated heterocycles. The van der Waals surface area contributed by atoms with E-state index in [1.54, 1.807) is 0 Å². The minimum absolute atomic E-state index is 0.0851. The molecule has 0 fully saturated rings. The Morgan fingerprint density at radius 1 is 0.741 bits per heavy atom. The van der Waals surface area contributed by atoms with Gasteiger partial charge in [0.05, 0.1) is 0 Å². The molecule has 0 unspecified atom stereocenters. The first-order chi connectivity index (χ1) is 12.6. The first kappa shape index (κ1) is 20.1. The van der Waals surface area contributed by atoms with Gasteiger partial charge in [0.15, 0.2) is 0 Å². The van der Waals surface area contributed by atoms with E-state index in [0.717, 1.165) is 6.42 Å². The van der Waals surface area contributed by atoms with E-state index in [4.69, 9.17) is 0 Å². The van der Waals surface area contributed by atoms with Gasteiger partial charge in [-0.2, -0.15) is 0 Å². The fraction of sp³-hybridized carbons (Fsp3) is 0.385. The molecule has 0 N–H and O–H groups in total. The summed E-state index contributed by atoms with van der Waals surface area (Å²) in [6, 6.07) is 18.0. The maximum Gasteiger partial charge on any atom is 0.0436 e. The van der Waals surface area contributed by atoms with Crippen molar-refractivity contribution in [3.63, 3.8) is 0 Å². The van der Waals surface area contributed by atoms with Crippen molar-refractivity contribution in [3.8, 4) is 0 Å². The number of rotatable bonds is 2. The van der Waals surface area contributed by atoms with Crippen molar-refractivity contribution in [1.82, 2.24) is 0 Å². The third-order valence-corrected chi connectivity index (χ3v) is 6.08.